The molecule has 0 unspecified atom stereocenters. The lowest BCUT2D eigenvalue weighted by Gasteiger charge is -2.12. The maximum Gasteiger partial charge on any atom is 0.259 e. The molecule has 0 aliphatic rings. The maximum atomic E-state index is 13.1. The van der Waals surface area contributed by atoms with Crippen molar-refractivity contribution in [2.24, 2.45) is 0 Å². The first kappa shape index (κ1) is 18.1. The van der Waals surface area contributed by atoms with E-state index in [0.717, 1.165) is 27.6 Å². The number of hydrogen-bond donors (Lipinski definition) is 1. The van der Waals surface area contributed by atoms with Gasteiger partial charge < -0.3 is 9.73 Å². The van der Waals surface area contributed by atoms with Gasteiger partial charge in [-0.15, -0.1) is 0 Å². The van der Waals surface area contributed by atoms with E-state index >= 15 is 0 Å². The minimum atomic E-state index is -0.212. The summed E-state index contributed by atoms with van der Waals surface area (Å²) in [5, 5.41) is 9.49. The minimum Gasteiger partial charge on any atom is -0.456 e. The number of aromatic nitrogens is 3. The highest BCUT2D eigenvalue weighted by molar-refractivity contribution is 6.08. The van der Waals surface area contributed by atoms with Crippen molar-refractivity contribution < 1.29 is 9.21 Å². The van der Waals surface area contributed by atoms with Gasteiger partial charge in [0.1, 0.15) is 11.2 Å². The third-order valence-corrected chi connectivity index (χ3v) is 5.10. The quantitative estimate of drug-likeness (QED) is 0.433. The lowest BCUT2D eigenvalue weighted by molar-refractivity contribution is 0.102. The topological polar surface area (TPSA) is 73.0 Å². The Morgan fingerprint density at radius 3 is 2.60 bits per heavy atom. The van der Waals surface area contributed by atoms with E-state index in [1.54, 1.807) is 17.1 Å². The average molecular weight is 396 g/mol. The maximum absolute atomic E-state index is 13.1. The molecule has 0 aliphatic heterocycles. The second kappa shape index (κ2) is 7.15. The van der Waals surface area contributed by atoms with Gasteiger partial charge in [0.15, 0.2) is 5.82 Å². The van der Waals surface area contributed by atoms with Gasteiger partial charge in [-0.1, -0.05) is 38.1 Å². The largest absolute Gasteiger partial charge is 0.456 e. The van der Waals surface area contributed by atoms with Crippen LogP contribution in [0.15, 0.2) is 77.5 Å². The van der Waals surface area contributed by atoms with Gasteiger partial charge in [0.25, 0.3) is 5.91 Å². The summed E-state index contributed by atoms with van der Waals surface area (Å²) in [6, 6.07) is 19.2. The van der Waals surface area contributed by atoms with E-state index in [1.807, 2.05) is 74.5 Å². The summed E-state index contributed by atoms with van der Waals surface area (Å²) in [6.45, 7) is 4.07. The minimum absolute atomic E-state index is 0.0908. The van der Waals surface area contributed by atoms with E-state index < -0.39 is 0 Å². The molecule has 5 rings (SSSR count). The van der Waals surface area contributed by atoms with Gasteiger partial charge in [-0.05, 0) is 36.2 Å². The molecule has 6 heteroatoms. The fraction of sp³-hybridized carbons (Fsp3) is 0.125. The third-order valence-electron chi connectivity index (χ3n) is 5.10. The van der Waals surface area contributed by atoms with Crippen LogP contribution in [0.2, 0.25) is 0 Å². The number of nitrogens with zero attached hydrogens (tertiary/aromatic N) is 3. The fourth-order valence-corrected chi connectivity index (χ4v) is 3.75. The molecule has 0 fully saturated rings. The molecule has 0 spiro atoms. The zero-order valence-corrected chi connectivity index (χ0v) is 16.7. The third kappa shape index (κ3) is 3.03. The van der Waals surface area contributed by atoms with Gasteiger partial charge in [0, 0.05) is 28.7 Å². The van der Waals surface area contributed by atoms with Crippen LogP contribution in [0, 0.1) is 0 Å². The van der Waals surface area contributed by atoms with Crippen molar-refractivity contribution in [3.05, 3.63) is 84.3 Å². The normalized spacial score (nSPS) is 11.4. The summed E-state index contributed by atoms with van der Waals surface area (Å²) in [5.74, 6) is 0.563. The second-order valence-electron chi connectivity index (χ2n) is 7.46. The van der Waals surface area contributed by atoms with Crippen LogP contribution in [0.5, 0.6) is 0 Å². The molecule has 5 aromatic rings. The van der Waals surface area contributed by atoms with Crippen LogP contribution >= 0.6 is 0 Å². The number of pyridine rings is 1. The summed E-state index contributed by atoms with van der Waals surface area (Å²) in [6.07, 6.45) is 3.31. The molecule has 0 aliphatic carbocycles. The highest BCUT2D eigenvalue weighted by Crippen LogP contribution is 2.31. The highest BCUT2D eigenvalue weighted by atomic mass is 16.3. The van der Waals surface area contributed by atoms with E-state index in [-0.39, 0.29) is 11.8 Å². The first-order chi connectivity index (χ1) is 14.6. The predicted molar refractivity (Wildman–Crippen MR) is 117 cm³/mol. The van der Waals surface area contributed by atoms with Crippen molar-refractivity contribution in [1.82, 2.24) is 14.8 Å². The summed E-state index contributed by atoms with van der Waals surface area (Å²) < 4.78 is 7.65. The SMILES string of the molecule is CC(C)c1c(C(=O)Nc2ccc3c(c2)oc2ccccc23)cnn1-c1ccccn1. The lowest BCUT2D eigenvalue weighted by atomic mass is 10.1. The van der Waals surface area contributed by atoms with Crippen LogP contribution in [-0.4, -0.2) is 20.7 Å². The van der Waals surface area contributed by atoms with Gasteiger partial charge in [-0.25, -0.2) is 9.67 Å². The van der Waals surface area contributed by atoms with Crippen LogP contribution in [-0.2, 0) is 0 Å². The van der Waals surface area contributed by atoms with Gasteiger partial charge >= 0.3 is 0 Å². The number of carbonyl (C=O) groups excluding carboxylic acids is 1. The smallest absolute Gasteiger partial charge is 0.259 e. The van der Waals surface area contributed by atoms with Crippen LogP contribution in [0.4, 0.5) is 5.69 Å². The van der Waals surface area contributed by atoms with Crippen LogP contribution < -0.4 is 5.32 Å². The molecule has 0 bridgehead atoms. The van der Waals surface area contributed by atoms with Crippen molar-refractivity contribution in [3.63, 3.8) is 0 Å². The first-order valence-corrected chi connectivity index (χ1v) is 9.84. The number of para-hydroxylation sites is 1. The molecular formula is C24H20N4O2. The van der Waals surface area contributed by atoms with E-state index in [2.05, 4.69) is 15.4 Å². The Labute approximate surface area is 173 Å². The Hall–Kier alpha value is -3.93. The van der Waals surface area contributed by atoms with Crippen LogP contribution in [0.25, 0.3) is 27.8 Å². The Balaban J connectivity index is 1.49. The molecule has 3 aromatic heterocycles. The van der Waals surface area contributed by atoms with Crippen molar-refractivity contribution in [2.45, 2.75) is 19.8 Å². The number of hydrogen-bond acceptors (Lipinski definition) is 4. The standard InChI is InChI=1S/C24H20N4O2/c1-15(2)23-19(14-26-28(23)22-9-5-6-12-25-22)24(29)27-16-10-11-18-17-7-3-4-8-20(17)30-21(18)13-16/h3-15H,1-2H3,(H,27,29). The van der Waals surface area contributed by atoms with Gasteiger partial charge in [0.05, 0.1) is 17.5 Å². The number of anilines is 1. The van der Waals surface area contributed by atoms with Crippen LogP contribution in [0.3, 0.4) is 0 Å². The molecule has 0 saturated heterocycles. The fourth-order valence-electron chi connectivity index (χ4n) is 3.75. The predicted octanol–water partition coefficient (Wildman–Crippen LogP) is 5.54. The number of carbonyl (C=O) groups is 1. The molecule has 1 N–H and O–H groups in total. The number of fused-ring (bicyclic) bond motifs is 3. The molecule has 2 aromatic carbocycles. The highest BCUT2D eigenvalue weighted by Gasteiger charge is 2.21. The van der Waals surface area contributed by atoms with Gasteiger partial charge in [-0.2, -0.15) is 5.10 Å². The summed E-state index contributed by atoms with van der Waals surface area (Å²) >= 11 is 0. The molecular weight excluding hydrogens is 376 g/mol. The molecule has 6 nitrogen and oxygen atoms in total. The molecule has 0 atom stereocenters. The molecule has 148 valence electrons. The Bertz CT molecular complexity index is 1370. The molecule has 3 heterocycles. The van der Waals surface area contributed by atoms with Crippen molar-refractivity contribution in [1.29, 1.82) is 0 Å². The second-order valence-corrected chi connectivity index (χ2v) is 7.46. The molecule has 30 heavy (non-hydrogen) atoms. The number of nitrogens with one attached hydrogen (secondary N) is 1. The van der Waals surface area contributed by atoms with Crippen molar-refractivity contribution >= 4 is 33.5 Å². The Kier molecular flexibility index (Phi) is 4.32. The van der Waals surface area contributed by atoms with Gasteiger partial charge in [0.2, 0.25) is 0 Å². The van der Waals surface area contributed by atoms with E-state index in [0.29, 0.717) is 17.1 Å². The van der Waals surface area contributed by atoms with Crippen LogP contribution in [0.1, 0.15) is 35.8 Å². The molecule has 0 saturated carbocycles. The number of furan rings is 1. The van der Waals surface area contributed by atoms with E-state index in [9.17, 15) is 4.79 Å². The van der Waals surface area contributed by atoms with E-state index in [4.69, 9.17) is 4.42 Å². The summed E-state index contributed by atoms with van der Waals surface area (Å²) in [4.78, 5) is 17.4. The summed E-state index contributed by atoms with van der Waals surface area (Å²) in [7, 11) is 0. The summed E-state index contributed by atoms with van der Waals surface area (Å²) in [5.41, 5.74) is 3.58. The molecule has 0 radical (unpaired) electrons. The van der Waals surface area contributed by atoms with Crippen molar-refractivity contribution in [3.8, 4) is 5.82 Å². The van der Waals surface area contributed by atoms with E-state index in [1.165, 1.54) is 0 Å². The zero-order valence-electron chi connectivity index (χ0n) is 16.7. The molecule has 1 amide bonds. The van der Waals surface area contributed by atoms with Gasteiger partial charge in [-0.3, -0.25) is 4.79 Å². The lowest BCUT2D eigenvalue weighted by Crippen LogP contribution is -2.15. The Morgan fingerprint density at radius 2 is 1.80 bits per heavy atom. The zero-order chi connectivity index (χ0) is 20.7. The number of benzene rings is 2. The monoisotopic (exact) mass is 396 g/mol. The number of rotatable bonds is 4. The Morgan fingerprint density at radius 1 is 1.00 bits per heavy atom. The first-order valence-electron chi connectivity index (χ1n) is 9.84. The van der Waals surface area contributed by atoms with Crippen molar-refractivity contribution in [2.75, 3.05) is 5.32 Å². The average Bonchev–Trinajstić information content (AvgIpc) is 3.36. The number of amides is 1.